The van der Waals surface area contributed by atoms with Gasteiger partial charge < -0.3 is 15.2 Å². The number of nitrogens with one attached hydrogen (secondary N) is 1. The van der Waals surface area contributed by atoms with Crippen LogP contribution in [0, 0.1) is 0 Å². The van der Waals surface area contributed by atoms with Crippen molar-refractivity contribution in [3.05, 3.63) is 36.9 Å². The molecule has 5 rings (SSSR count). The van der Waals surface area contributed by atoms with Gasteiger partial charge in [0.25, 0.3) is 0 Å². The summed E-state index contributed by atoms with van der Waals surface area (Å²) in [6, 6.07) is 5.61. The standard InChI is InChI=1S/C20H23N7O2/c1-20(28)8-5-14(6-9-20)23-19-24-18(29-2)17-15(7-10-26(17)25-19)13-3-4-16-21-12-22-27(16)11-13/h3-4,7,10-12,14,28H,5-6,8-9H2,1-2H3,(H,23,25)/i2D3. The van der Waals surface area contributed by atoms with Crippen molar-refractivity contribution < 1.29 is 14.0 Å². The van der Waals surface area contributed by atoms with Crippen molar-refractivity contribution in [2.45, 2.75) is 44.2 Å². The van der Waals surface area contributed by atoms with E-state index in [1.165, 1.54) is 6.33 Å². The summed E-state index contributed by atoms with van der Waals surface area (Å²) in [5.74, 6) is 0.237. The SMILES string of the molecule is [2H]C([2H])([2H])Oc1nc(NC2CCC(C)(O)CC2)nn2ccc(-c3ccc4ncnn4c3)c12. The third kappa shape index (κ3) is 3.27. The number of hydrogen-bond donors (Lipinski definition) is 2. The van der Waals surface area contributed by atoms with E-state index in [9.17, 15) is 5.11 Å². The second kappa shape index (κ2) is 6.70. The first kappa shape index (κ1) is 14.7. The van der Waals surface area contributed by atoms with Gasteiger partial charge in [-0.25, -0.2) is 14.0 Å². The number of aromatic nitrogens is 6. The fourth-order valence-corrected chi connectivity index (χ4v) is 3.90. The molecule has 1 aliphatic rings. The molecule has 29 heavy (non-hydrogen) atoms. The normalized spacial score (nSPS) is 24.2. The zero-order valence-electron chi connectivity index (χ0n) is 18.9. The Bertz CT molecular complexity index is 1270. The van der Waals surface area contributed by atoms with E-state index in [-0.39, 0.29) is 17.9 Å². The molecule has 4 aromatic rings. The number of nitrogens with zero attached hydrogens (tertiary/aromatic N) is 6. The van der Waals surface area contributed by atoms with Crippen molar-refractivity contribution in [1.82, 2.24) is 29.2 Å². The van der Waals surface area contributed by atoms with Crippen molar-refractivity contribution in [3.8, 4) is 17.0 Å². The quantitative estimate of drug-likeness (QED) is 0.546. The molecule has 0 aliphatic heterocycles. The Kier molecular flexibility index (Phi) is 3.41. The second-order valence-corrected chi connectivity index (χ2v) is 7.76. The van der Waals surface area contributed by atoms with Crippen molar-refractivity contribution in [3.63, 3.8) is 0 Å². The average Bonchev–Trinajstić information content (AvgIpc) is 3.34. The lowest BCUT2D eigenvalue weighted by Gasteiger charge is -2.33. The number of methoxy groups -OCH3 is 1. The molecule has 0 spiro atoms. The minimum atomic E-state index is -2.67. The van der Waals surface area contributed by atoms with Gasteiger partial charge in [0.2, 0.25) is 11.8 Å². The van der Waals surface area contributed by atoms with E-state index >= 15 is 0 Å². The minimum Gasteiger partial charge on any atom is -0.479 e. The molecule has 4 heterocycles. The van der Waals surface area contributed by atoms with Crippen LogP contribution in [0.25, 0.3) is 22.3 Å². The van der Waals surface area contributed by atoms with Gasteiger partial charge in [0.1, 0.15) is 11.8 Å². The Morgan fingerprint density at radius 3 is 2.97 bits per heavy atom. The van der Waals surface area contributed by atoms with Crippen LogP contribution < -0.4 is 10.1 Å². The molecule has 0 bridgehead atoms. The summed E-state index contributed by atoms with van der Waals surface area (Å²) in [6.45, 7) is 1.84. The summed E-state index contributed by atoms with van der Waals surface area (Å²) in [5, 5.41) is 22.1. The van der Waals surface area contributed by atoms with E-state index in [1.54, 1.807) is 21.4 Å². The molecule has 0 radical (unpaired) electrons. The number of hydrogen-bond acceptors (Lipinski definition) is 7. The van der Waals surface area contributed by atoms with Crippen molar-refractivity contribution >= 4 is 17.1 Å². The van der Waals surface area contributed by atoms with E-state index in [4.69, 9.17) is 8.85 Å². The highest BCUT2D eigenvalue weighted by molar-refractivity contribution is 5.84. The van der Waals surface area contributed by atoms with Crippen LogP contribution in [-0.2, 0) is 0 Å². The summed E-state index contributed by atoms with van der Waals surface area (Å²) in [6.07, 6.45) is 7.87. The van der Waals surface area contributed by atoms with Crippen LogP contribution in [0.15, 0.2) is 36.9 Å². The maximum Gasteiger partial charge on any atom is 0.244 e. The number of rotatable bonds is 4. The molecule has 150 valence electrons. The fraction of sp³-hybridized carbons (Fsp3) is 0.400. The number of pyridine rings is 1. The Morgan fingerprint density at radius 1 is 1.28 bits per heavy atom. The summed E-state index contributed by atoms with van der Waals surface area (Å²) < 4.78 is 31.3. The summed E-state index contributed by atoms with van der Waals surface area (Å²) in [4.78, 5) is 8.55. The third-order valence-corrected chi connectivity index (χ3v) is 5.56. The summed E-state index contributed by atoms with van der Waals surface area (Å²) in [5.41, 5.74) is 1.99. The Morgan fingerprint density at radius 2 is 2.14 bits per heavy atom. The van der Waals surface area contributed by atoms with Gasteiger partial charge >= 0.3 is 0 Å². The molecular formula is C20H23N7O2. The molecule has 0 amide bonds. The maximum absolute atomic E-state index is 10.2. The smallest absolute Gasteiger partial charge is 0.244 e. The number of anilines is 1. The fourth-order valence-electron chi connectivity index (χ4n) is 3.90. The largest absolute Gasteiger partial charge is 0.479 e. The van der Waals surface area contributed by atoms with Crippen molar-refractivity contribution in [2.75, 3.05) is 12.4 Å². The Balaban J connectivity index is 1.54. The number of fused-ring (bicyclic) bond motifs is 2. The molecule has 2 N–H and O–H groups in total. The van der Waals surface area contributed by atoms with E-state index in [1.807, 2.05) is 25.1 Å². The molecular weight excluding hydrogens is 370 g/mol. The predicted molar refractivity (Wildman–Crippen MR) is 108 cm³/mol. The molecule has 1 fully saturated rings. The van der Waals surface area contributed by atoms with Gasteiger partial charge in [0.15, 0.2) is 5.65 Å². The molecule has 1 aliphatic carbocycles. The predicted octanol–water partition coefficient (Wildman–Crippen LogP) is 2.55. The first-order valence-electron chi connectivity index (χ1n) is 11.0. The monoisotopic (exact) mass is 396 g/mol. The van der Waals surface area contributed by atoms with Crippen LogP contribution in [0.4, 0.5) is 5.95 Å². The molecule has 9 nitrogen and oxygen atoms in total. The average molecular weight is 396 g/mol. The van der Waals surface area contributed by atoms with Crippen LogP contribution in [0.2, 0.25) is 0 Å². The molecule has 9 heteroatoms. The van der Waals surface area contributed by atoms with Crippen LogP contribution in [0.5, 0.6) is 5.88 Å². The number of ether oxygens (including phenoxy) is 1. The van der Waals surface area contributed by atoms with Crippen LogP contribution in [0.3, 0.4) is 0 Å². The van der Waals surface area contributed by atoms with Crippen LogP contribution in [-0.4, -0.2) is 53.0 Å². The van der Waals surface area contributed by atoms with Gasteiger partial charge in [0.05, 0.1) is 16.8 Å². The van der Waals surface area contributed by atoms with E-state index in [0.29, 0.717) is 29.6 Å². The topological polar surface area (TPSA) is 102 Å². The van der Waals surface area contributed by atoms with Gasteiger partial charge in [0, 0.05) is 29.6 Å². The lowest BCUT2D eigenvalue weighted by atomic mass is 9.84. The lowest BCUT2D eigenvalue weighted by molar-refractivity contribution is 0.0195. The highest BCUT2D eigenvalue weighted by Crippen LogP contribution is 2.33. The van der Waals surface area contributed by atoms with E-state index < -0.39 is 12.6 Å². The molecule has 0 saturated heterocycles. The molecule has 0 atom stereocenters. The summed E-state index contributed by atoms with van der Waals surface area (Å²) in [7, 11) is -2.67. The molecule has 0 unspecified atom stereocenters. The minimum absolute atomic E-state index is 0.0380. The zero-order valence-corrected chi connectivity index (χ0v) is 15.9. The molecule has 1 saturated carbocycles. The Labute approximate surface area is 171 Å². The van der Waals surface area contributed by atoms with E-state index in [2.05, 4.69) is 25.5 Å². The van der Waals surface area contributed by atoms with Gasteiger partial charge in [-0.15, -0.1) is 5.10 Å². The first-order valence-corrected chi connectivity index (χ1v) is 9.54. The van der Waals surface area contributed by atoms with Gasteiger partial charge in [-0.05, 0) is 50.8 Å². The lowest BCUT2D eigenvalue weighted by Crippen LogP contribution is -2.36. The molecule has 0 aromatic carbocycles. The van der Waals surface area contributed by atoms with Gasteiger partial charge in [-0.3, -0.25) is 0 Å². The zero-order chi connectivity index (χ0) is 22.5. The maximum atomic E-state index is 10.2. The second-order valence-electron chi connectivity index (χ2n) is 7.76. The van der Waals surface area contributed by atoms with Crippen LogP contribution >= 0.6 is 0 Å². The molecule has 4 aromatic heterocycles. The van der Waals surface area contributed by atoms with Gasteiger partial charge in [-0.1, -0.05) is 0 Å². The third-order valence-electron chi connectivity index (χ3n) is 5.56. The number of aliphatic hydroxyl groups is 1. The highest BCUT2D eigenvalue weighted by Gasteiger charge is 2.29. The van der Waals surface area contributed by atoms with Crippen LogP contribution in [0.1, 0.15) is 36.7 Å². The first-order chi connectivity index (χ1) is 15.2. The highest BCUT2D eigenvalue weighted by atomic mass is 16.5. The van der Waals surface area contributed by atoms with Gasteiger partial charge in [-0.2, -0.15) is 10.1 Å². The van der Waals surface area contributed by atoms with E-state index in [0.717, 1.165) is 18.4 Å². The Hall–Kier alpha value is -3.20. The van der Waals surface area contributed by atoms with Crippen molar-refractivity contribution in [2.24, 2.45) is 0 Å². The van der Waals surface area contributed by atoms with Crippen molar-refractivity contribution in [1.29, 1.82) is 0 Å². The summed E-state index contributed by atoms with van der Waals surface area (Å²) >= 11 is 0.